The summed E-state index contributed by atoms with van der Waals surface area (Å²) in [6.07, 6.45) is 0. The molecule has 0 N–H and O–H groups in total. The molecule has 0 radical (unpaired) electrons. The lowest BCUT2D eigenvalue weighted by molar-refractivity contribution is 0.629. The minimum Gasteiger partial charge on any atom is -0.270 e. The number of rotatable bonds is 5. The van der Waals surface area contributed by atoms with Crippen LogP contribution in [0.4, 0.5) is 4.39 Å². The summed E-state index contributed by atoms with van der Waals surface area (Å²) in [5.74, 6) is 0.658. The molecule has 1 heterocycles. The second-order valence-electron chi connectivity index (χ2n) is 6.01. The highest BCUT2D eigenvalue weighted by molar-refractivity contribution is 7.98. The van der Waals surface area contributed by atoms with E-state index in [0.29, 0.717) is 27.9 Å². The van der Waals surface area contributed by atoms with Crippen molar-refractivity contribution in [1.82, 2.24) is 14.8 Å². The van der Waals surface area contributed by atoms with Crippen LogP contribution in [0.3, 0.4) is 0 Å². The number of hydrogen-bond donors (Lipinski definition) is 0. The zero-order valence-corrected chi connectivity index (χ0v) is 15.6. The molecule has 4 rings (SSSR count). The van der Waals surface area contributed by atoms with Gasteiger partial charge in [0.25, 0.3) is 0 Å². The van der Waals surface area contributed by atoms with Gasteiger partial charge in [-0.2, -0.15) is 5.26 Å². The van der Waals surface area contributed by atoms with E-state index in [1.807, 2.05) is 53.1 Å². The van der Waals surface area contributed by atoms with Crippen molar-refractivity contribution in [2.24, 2.45) is 0 Å². The van der Waals surface area contributed by atoms with Gasteiger partial charge >= 0.3 is 0 Å². The Morgan fingerprint density at radius 3 is 2.39 bits per heavy atom. The summed E-state index contributed by atoms with van der Waals surface area (Å²) in [7, 11) is 0. The van der Waals surface area contributed by atoms with Gasteiger partial charge in [-0.3, -0.25) is 4.57 Å². The summed E-state index contributed by atoms with van der Waals surface area (Å²) in [5.41, 5.74) is 2.80. The van der Waals surface area contributed by atoms with E-state index in [-0.39, 0.29) is 5.82 Å². The Morgan fingerprint density at radius 1 is 0.893 bits per heavy atom. The first-order valence-electron chi connectivity index (χ1n) is 8.64. The first kappa shape index (κ1) is 18.0. The summed E-state index contributed by atoms with van der Waals surface area (Å²) in [6.45, 7) is 0. The fourth-order valence-electron chi connectivity index (χ4n) is 2.89. The van der Waals surface area contributed by atoms with Gasteiger partial charge in [0.15, 0.2) is 11.0 Å². The molecule has 0 amide bonds. The minimum atomic E-state index is -0.349. The van der Waals surface area contributed by atoms with Crippen LogP contribution in [0, 0.1) is 17.1 Å². The van der Waals surface area contributed by atoms with Crippen LogP contribution in [-0.2, 0) is 5.75 Å². The number of nitriles is 1. The monoisotopic (exact) mass is 386 g/mol. The van der Waals surface area contributed by atoms with Crippen molar-refractivity contribution in [1.29, 1.82) is 5.26 Å². The van der Waals surface area contributed by atoms with Crippen molar-refractivity contribution >= 4 is 11.8 Å². The topological polar surface area (TPSA) is 54.5 Å². The molecule has 6 heteroatoms. The zero-order chi connectivity index (χ0) is 19.3. The van der Waals surface area contributed by atoms with Crippen molar-refractivity contribution in [2.75, 3.05) is 0 Å². The van der Waals surface area contributed by atoms with Gasteiger partial charge in [-0.15, -0.1) is 10.2 Å². The summed E-state index contributed by atoms with van der Waals surface area (Å²) in [6, 6.07) is 25.8. The molecular weight excluding hydrogens is 371 g/mol. The van der Waals surface area contributed by atoms with Crippen molar-refractivity contribution in [3.63, 3.8) is 0 Å². The summed E-state index contributed by atoms with van der Waals surface area (Å²) in [5, 5.41) is 18.5. The quantitative estimate of drug-likeness (QED) is 0.440. The second-order valence-corrected chi connectivity index (χ2v) is 6.96. The predicted octanol–water partition coefficient (Wildman–Crippen LogP) is 5.24. The van der Waals surface area contributed by atoms with Gasteiger partial charge < -0.3 is 0 Å². The molecule has 0 aliphatic carbocycles. The number of halogens is 1. The number of benzene rings is 3. The SMILES string of the molecule is N#Cc1ccccc1CSc1nnc(-c2ccccc2F)n1-c1ccccc1. The summed E-state index contributed by atoms with van der Waals surface area (Å²) < 4.78 is 16.3. The maximum atomic E-state index is 14.4. The molecule has 1 aromatic heterocycles. The van der Waals surface area contributed by atoms with E-state index in [4.69, 9.17) is 0 Å². The second kappa shape index (κ2) is 8.07. The van der Waals surface area contributed by atoms with Crippen LogP contribution in [-0.4, -0.2) is 14.8 Å². The first-order chi connectivity index (χ1) is 13.8. The molecule has 0 saturated carbocycles. The largest absolute Gasteiger partial charge is 0.270 e. The molecule has 4 aromatic rings. The van der Waals surface area contributed by atoms with E-state index in [0.717, 1.165) is 11.3 Å². The molecule has 0 bridgehead atoms. The average Bonchev–Trinajstić information content (AvgIpc) is 3.17. The first-order valence-corrected chi connectivity index (χ1v) is 9.63. The maximum Gasteiger partial charge on any atom is 0.196 e. The third kappa shape index (κ3) is 3.53. The highest BCUT2D eigenvalue weighted by Crippen LogP contribution is 2.31. The average molecular weight is 386 g/mol. The van der Waals surface area contributed by atoms with Crippen molar-refractivity contribution in [3.05, 3.63) is 95.8 Å². The third-order valence-corrected chi connectivity index (χ3v) is 5.23. The van der Waals surface area contributed by atoms with Crippen molar-refractivity contribution in [2.45, 2.75) is 10.9 Å². The fourth-order valence-corrected chi connectivity index (χ4v) is 3.84. The van der Waals surface area contributed by atoms with E-state index >= 15 is 0 Å². The third-order valence-electron chi connectivity index (χ3n) is 4.26. The zero-order valence-electron chi connectivity index (χ0n) is 14.8. The number of aromatic nitrogens is 3. The van der Waals surface area contributed by atoms with E-state index in [2.05, 4.69) is 16.3 Å². The molecule has 136 valence electrons. The van der Waals surface area contributed by atoms with Crippen molar-refractivity contribution < 1.29 is 4.39 Å². The summed E-state index contributed by atoms with van der Waals surface area (Å²) >= 11 is 1.46. The summed E-state index contributed by atoms with van der Waals surface area (Å²) in [4.78, 5) is 0. The van der Waals surface area contributed by atoms with Crippen LogP contribution in [0.2, 0.25) is 0 Å². The van der Waals surface area contributed by atoms with Crippen LogP contribution in [0.1, 0.15) is 11.1 Å². The molecule has 0 aliphatic heterocycles. The number of hydrogen-bond acceptors (Lipinski definition) is 4. The lowest BCUT2D eigenvalue weighted by atomic mass is 10.1. The normalized spacial score (nSPS) is 10.6. The molecule has 0 unspecified atom stereocenters. The van der Waals surface area contributed by atoms with Crippen LogP contribution >= 0.6 is 11.8 Å². The Hall–Kier alpha value is -3.43. The lowest BCUT2D eigenvalue weighted by Crippen LogP contribution is -2.01. The minimum absolute atomic E-state index is 0.349. The highest BCUT2D eigenvalue weighted by atomic mass is 32.2. The van der Waals surface area contributed by atoms with E-state index in [9.17, 15) is 9.65 Å². The molecule has 0 saturated heterocycles. The molecular formula is C22H15FN4S. The van der Waals surface area contributed by atoms with Gasteiger partial charge in [-0.05, 0) is 35.9 Å². The standard InChI is InChI=1S/C22H15FN4S/c23-20-13-7-6-12-19(20)21-25-26-22(27(21)18-10-2-1-3-11-18)28-15-17-9-5-4-8-16(17)14-24/h1-13H,15H2. The number of thioether (sulfide) groups is 1. The van der Waals surface area contributed by atoms with Gasteiger partial charge in [-0.25, -0.2) is 4.39 Å². The molecule has 3 aromatic carbocycles. The lowest BCUT2D eigenvalue weighted by Gasteiger charge is -2.11. The molecule has 0 fully saturated rings. The highest BCUT2D eigenvalue weighted by Gasteiger charge is 2.18. The Labute approximate surface area is 166 Å². The van der Waals surface area contributed by atoms with Crippen LogP contribution in [0.15, 0.2) is 84.0 Å². The Morgan fingerprint density at radius 2 is 1.61 bits per heavy atom. The fraction of sp³-hybridized carbons (Fsp3) is 0.0455. The van der Waals surface area contributed by atoms with Gasteiger partial charge in [0.1, 0.15) is 5.82 Å². The van der Waals surface area contributed by atoms with Crippen molar-refractivity contribution in [3.8, 4) is 23.1 Å². The van der Waals surface area contributed by atoms with Crippen LogP contribution < -0.4 is 0 Å². The van der Waals surface area contributed by atoms with Crippen LogP contribution in [0.25, 0.3) is 17.1 Å². The van der Waals surface area contributed by atoms with E-state index < -0.39 is 0 Å². The number of para-hydroxylation sites is 1. The van der Waals surface area contributed by atoms with Gasteiger partial charge in [0.2, 0.25) is 0 Å². The molecule has 28 heavy (non-hydrogen) atoms. The van der Waals surface area contributed by atoms with E-state index in [1.54, 1.807) is 24.3 Å². The Balaban J connectivity index is 1.76. The van der Waals surface area contributed by atoms with Gasteiger partial charge in [0.05, 0.1) is 17.2 Å². The Bertz CT molecular complexity index is 1150. The maximum absolute atomic E-state index is 14.4. The molecule has 0 spiro atoms. The van der Waals surface area contributed by atoms with Crippen LogP contribution in [0.5, 0.6) is 0 Å². The Kier molecular flexibility index (Phi) is 5.18. The van der Waals surface area contributed by atoms with Gasteiger partial charge in [0, 0.05) is 11.4 Å². The molecule has 4 nitrogen and oxygen atoms in total. The smallest absolute Gasteiger partial charge is 0.196 e. The molecule has 0 aliphatic rings. The predicted molar refractivity (Wildman–Crippen MR) is 107 cm³/mol. The van der Waals surface area contributed by atoms with Gasteiger partial charge in [-0.1, -0.05) is 60.3 Å². The van der Waals surface area contributed by atoms with E-state index in [1.165, 1.54) is 17.8 Å². The number of nitrogens with zero attached hydrogens (tertiary/aromatic N) is 4. The molecule has 0 atom stereocenters.